The van der Waals surface area contributed by atoms with Crippen LogP contribution in [0.2, 0.25) is 0 Å². The van der Waals surface area contributed by atoms with Gasteiger partial charge in [-0.3, -0.25) is 9.47 Å². The van der Waals surface area contributed by atoms with Crippen molar-refractivity contribution in [3.05, 3.63) is 35.9 Å². The molecule has 0 atom stereocenters. The molecule has 6 nitrogen and oxygen atoms in total. The predicted molar refractivity (Wildman–Crippen MR) is 110 cm³/mol. The van der Waals surface area contributed by atoms with Crippen molar-refractivity contribution >= 4 is 5.69 Å². The van der Waals surface area contributed by atoms with E-state index in [-0.39, 0.29) is 11.8 Å². The van der Waals surface area contributed by atoms with Crippen LogP contribution < -0.4 is 9.64 Å². The van der Waals surface area contributed by atoms with Crippen LogP contribution in [0.5, 0.6) is 17.5 Å². The van der Waals surface area contributed by atoms with Gasteiger partial charge in [-0.15, -0.1) is 0 Å². The number of ether oxygens (including phenoxy) is 1. The molecular formula is C22H31N3O3. The zero-order valence-corrected chi connectivity index (χ0v) is 16.7. The average Bonchev–Trinajstić information content (AvgIpc) is 3.50. The monoisotopic (exact) mass is 385 g/mol. The fourth-order valence-electron chi connectivity index (χ4n) is 3.88. The number of benzene rings is 1. The van der Waals surface area contributed by atoms with Crippen LogP contribution in [0.4, 0.5) is 5.69 Å². The summed E-state index contributed by atoms with van der Waals surface area (Å²) in [5.74, 6) is 2.08. The lowest BCUT2D eigenvalue weighted by Crippen LogP contribution is -2.46. The van der Waals surface area contributed by atoms with Crippen molar-refractivity contribution in [1.82, 2.24) is 9.47 Å². The topological polar surface area (TPSA) is 61.1 Å². The minimum absolute atomic E-state index is 0.141. The van der Waals surface area contributed by atoms with Gasteiger partial charge in [-0.05, 0) is 50.8 Å². The molecule has 0 amide bonds. The summed E-state index contributed by atoms with van der Waals surface area (Å²) in [6, 6.07) is 10.00. The van der Waals surface area contributed by atoms with Crippen LogP contribution in [0.25, 0.3) is 0 Å². The smallest absolute Gasteiger partial charge is 0.196 e. The van der Waals surface area contributed by atoms with Crippen LogP contribution in [-0.2, 0) is 6.54 Å². The molecule has 2 fully saturated rings. The molecule has 1 saturated carbocycles. The first-order valence-corrected chi connectivity index (χ1v) is 10.4. The Balaban J connectivity index is 1.25. The lowest BCUT2D eigenvalue weighted by molar-refractivity contribution is 0.244. The molecule has 0 radical (unpaired) electrons. The summed E-state index contributed by atoms with van der Waals surface area (Å²) >= 11 is 0. The molecular weight excluding hydrogens is 354 g/mol. The van der Waals surface area contributed by atoms with Gasteiger partial charge in [0.1, 0.15) is 5.75 Å². The van der Waals surface area contributed by atoms with Crippen LogP contribution in [0.3, 0.4) is 0 Å². The molecule has 0 spiro atoms. The lowest BCUT2D eigenvalue weighted by Gasteiger charge is -2.36. The molecule has 1 aliphatic carbocycles. The summed E-state index contributed by atoms with van der Waals surface area (Å²) in [5.41, 5.74) is 1.93. The zero-order valence-electron chi connectivity index (χ0n) is 16.7. The van der Waals surface area contributed by atoms with E-state index in [4.69, 9.17) is 4.74 Å². The first kappa shape index (κ1) is 19.0. The van der Waals surface area contributed by atoms with Crippen LogP contribution >= 0.6 is 0 Å². The summed E-state index contributed by atoms with van der Waals surface area (Å²) < 4.78 is 7.66. The summed E-state index contributed by atoms with van der Waals surface area (Å²) in [5, 5.41) is 19.9. The lowest BCUT2D eigenvalue weighted by atomic mass is 10.2. The Hall–Kier alpha value is -2.34. The average molecular weight is 386 g/mol. The number of aromatic hydroxyl groups is 2. The van der Waals surface area contributed by atoms with E-state index in [9.17, 15) is 10.2 Å². The highest BCUT2D eigenvalue weighted by molar-refractivity contribution is 5.58. The number of para-hydroxylation sites is 2. The van der Waals surface area contributed by atoms with E-state index in [0.717, 1.165) is 57.4 Å². The normalized spacial score (nSPS) is 17.8. The van der Waals surface area contributed by atoms with E-state index in [1.807, 2.05) is 0 Å². The molecule has 0 unspecified atom stereocenters. The van der Waals surface area contributed by atoms with Crippen molar-refractivity contribution in [2.45, 2.75) is 32.7 Å². The van der Waals surface area contributed by atoms with Gasteiger partial charge in [-0.1, -0.05) is 12.1 Å². The van der Waals surface area contributed by atoms with Gasteiger partial charge in [0.2, 0.25) is 0 Å². The molecule has 2 aromatic rings. The second kappa shape index (κ2) is 8.35. The number of aromatic nitrogens is 1. The minimum Gasteiger partial charge on any atom is -0.494 e. The number of hydrogen-bond acceptors (Lipinski definition) is 5. The highest BCUT2D eigenvalue weighted by Crippen LogP contribution is 2.33. The van der Waals surface area contributed by atoms with E-state index in [1.54, 1.807) is 17.6 Å². The number of piperazine rings is 1. The Kier molecular flexibility index (Phi) is 5.67. The maximum atomic E-state index is 9.99. The summed E-state index contributed by atoms with van der Waals surface area (Å²) in [7, 11) is 0. The van der Waals surface area contributed by atoms with Crippen LogP contribution in [0.15, 0.2) is 30.3 Å². The van der Waals surface area contributed by atoms with Crippen molar-refractivity contribution in [3.63, 3.8) is 0 Å². The Morgan fingerprint density at radius 1 is 1.04 bits per heavy atom. The van der Waals surface area contributed by atoms with Crippen molar-refractivity contribution in [2.24, 2.45) is 5.92 Å². The number of nitrogens with zero attached hydrogens (tertiary/aromatic N) is 3. The van der Waals surface area contributed by atoms with Crippen molar-refractivity contribution in [2.75, 3.05) is 44.2 Å². The van der Waals surface area contributed by atoms with Crippen molar-refractivity contribution in [3.8, 4) is 17.5 Å². The molecule has 28 heavy (non-hydrogen) atoms. The molecule has 1 aliphatic heterocycles. The maximum Gasteiger partial charge on any atom is 0.196 e. The molecule has 152 valence electrons. The van der Waals surface area contributed by atoms with Crippen LogP contribution in [-0.4, -0.2) is 59.0 Å². The first-order chi connectivity index (χ1) is 13.6. The largest absolute Gasteiger partial charge is 0.494 e. The van der Waals surface area contributed by atoms with Gasteiger partial charge in [0.05, 0.1) is 12.3 Å². The standard InChI is InChI=1S/C22H31N3O3/c1-17-15-21(26)25(22(17)27)10-4-9-23-11-13-24(14-12-23)19-5-2-3-6-20(19)28-16-18-7-8-18/h2-3,5-6,15,18,26-27H,4,7-14,16H2,1H3. The third kappa shape index (κ3) is 4.38. The first-order valence-electron chi connectivity index (χ1n) is 10.4. The molecule has 4 rings (SSSR count). The van der Waals surface area contributed by atoms with Gasteiger partial charge in [-0.2, -0.15) is 0 Å². The Morgan fingerprint density at radius 2 is 1.79 bits per heavy atom. The highest BCUT2D eigenvalue weighted by Gasteiger charge is 2.24. The van der Waals surface area contributed by atoms with E-state index in [2.05, 4.69) is 34.1 Å². The molecule has 6 heteroatoms. The van der Waals surface area contributed by atoms with Gasteiger partial charge in [0, 0.05) is 44.4 Å². The van der Waals surface area contributed by atoms with Gasteiger partial charge >= 0.3 is 0 Å². The minimum atomic E-state index is 0.141. The second-order valence-electron chi connectivity index (χ2n) is 8.07. The number of rotatable bonds is 8. The van der Waals surface area contributed by atoms with E-state index in [0.29, 0.717) is 12.1 Å². The van der Waals surface area contributed by atoms with Crippen molar-refractivity contribution < 1.29 is 14.9 Å². The van der Waals surface area contributed by atoms with Gasteiger partial charge in [-0.25, -0.2) is 0 Å². The third-order valence-corrected chi connectivity index (χ3v) is 5.84. The SMILES string of the molecule is Cc1cc(O)n(CCCN2CCN(c3ccccc3OCC3CC3)CC2)c1O. The van der Waals surface area contributed by atoms with Crippen LogP contribution in [0, 0.1) is 12.8 Å². The van der Waals surface area contributed by atoms with Gasteiger partial charge in [0.15, 0.2) is 11.8 Å². The van der Waals surface area contributed by atoms with E-state index in [1.165, 1.54) is 18.5 Å². The molecule has 1 aromatic carbocycles. The maximum absolute atomic E-state index is 9.99. The highest BCUT2D eigenvalue weighted by atomic mass is 16.5. The predicted octanol–water partition coefficient (Wildman–Crippen LogP) is 3.21. The van der Waals surface area contributed by atoms with Gasteiger partial charge < -0.3 is 19.8 Å². The van der Waals surface area contributed by atoms with E-state index >= 15 is 0 Å². The Morgan fingerprint density at radius 3 is 2.46 bits per heavy atom. The third-order valence-electron chi connectivity index (χ3n) is 5.84. The van der Waals surface area contributed by atoms with Crippen molar-refractivity contribution in [1.29, 1.82) is 0 Å². The van der Waals surface area contributed by atoms with Gasteiger partial charge in [0.25, 0.3) is 0 Å². The summed E-state index contributed by atoms with van der Waals surface area (Å²) in [6.07, 6.45) is 3.51. The fraction of sp³-hybridized carbons (Fsp3) is 0.545. The molecule has 1 saturated heterocycles. The number of anilines is 1. The second-order valence-corrected chi connectivity index (χ2v) is 8.07. The van der Waals surface area contributed by atoms with Crippen LogP contribution in [0.1, 0.15) is 24.8 Å². The number of hydrogen-bond donors (Lipinski definition) is 2. The number of aryl methyl sites for hydroxylation is 1. The fourth-order valence-corrected chi connectivity index (χ4v) is 3.88. The zero-order chi connectivity index (χ0) is 19.5. The summed E-state index contributed by atoms with van der Waals surface area (Å²) in [6.45, 7) is 8.24. The molecule has 2 heterocycles. The molecule has 1 aromatic heterocycles. The Bertz CT molecular complexity index is 792. The molecule has 2 N–H and O–H groups in total. The Labute approximate surface area is 166 Å². The quantitative estimate of drug-likeness (QED) is 0.731. The molecule has 0 bridgehead atoms. The molecule has 2 aliphatic rings. The summed E-state index contributed by atoms with van der Waals surface area (Å²) in [4.78, 5) is 4.88. The van der Waals surface area contributed by atoms with E-state index < -0.39 is 0 Å².